The number of carbonyl (C=O) groups excluding carboxylic acids is 2. The Morgan fingerprint density at radius 1 is 1.15 bits per heavy atom. The SMILES string of the molecule is CCC(N)N=C(N)CNC(=O)C1=CC=C(C(CCC(C)(C)C)N2C(=O)C(C3=CCC=C(Cl)C3)=NC23CCC(C(C)(C)C)CC3)CC1. The lowest BCUT2D eigenvalue weighted by Crippen LogP contribution is -2.55. The van der Waals surface area contributed by atoms with Crippen LogP contribution in [0.5, 0.6) is 0 Å². The second-order valence-corrected chi connectivity index (χ2v) is 16.4. The first kappa shape index (κ1) is 36.1. The van der Waals surface area contributed by atoms with Gasteiger partial charge in [0, 0.05) is 17.0 Å². The molecular formula is C37H57ClN6O2. The Balaban J connectivity index is 1.65. The third-order valence-electron chi connectivity index (χ3n) is 10.1. The summed E-state index contributed by atoms with van der Waals surface area (Å²) in [7, 11) is 0. The van der Waals surface area contributed by atoms with Crippen LogP contribution < -0.4 is 16.8 Å². The topological polar surface area (TPSA) is 126 Å². The maximum Gasteiger partial charge on any atom is 0.274 e. The Bertz CT molecular complexity index is 1350. The molecule has 1 saturated carbocycles. The summed E-state index contributed by atoms with van der Waals surface area (Å²) < 4.78 is 0. The van der Waals surface area contributed by atoms with Gasteiger partial charge in [0.25, 0.3) is 5.91 Å². The molecule has 8 nitrogen and oxygen atoms in total. The lowest BCUT2D eigenvalue weighted by Gasteiger charge is -2.48. The molecule has 4 aliphatic rings. The van der Waals surface area contributed by atoms with E-state index in [2.05, 4.69) is 68.9 Å². The molecule has 0 radical (unpaired) electrons. The number of nitrogens with two attached hydrogens (primary N) is 2. The summed E-state index contributed by atoms with van der Waals surface area (Å²) in [6.45, 7) is 15.8. The van der Waals surface area contributed by atoms with Crippen LogP contribution in [0.25, 0.3) is 0 Å². The van der Waals surface area contributed by atoms with Gasteiger partial charge in [-0.15, -0.1) is 0 Å². The molecule has 0 aromatic heterocycles. The van der Waals surface area contributed by atoms with Crippen LogP contribution >= 0.6 is 11.6 Å². The molecule has 1 heterocycles. The molecule has 46 heavy (non-hydrogen) atoms. The fourth-order valence-electron chi connectivity index (χ4n) is 7.19. The summed E-state index contributed by atoms with van der Waals surface area (Å²) in [5.41, 5.74) is 15.0. The number of allylic oxidation sites excluding steroid dienone is 5. The predicted octanol–water partition coefficient (Wildman–Crippen LogP) is 7.05. The number of carbonyl (C=O) groups is 2. The highest BCUT2D eigenvalue weighted by molar-refractivity contribution is 6.47. The molecule has 3 aliphatic carbocycles. The van der Waals surface area contributed by atoms with Crippen LogP contribution in [0.4, 0.5) is 0 Å². The van der Waals surface area contributed by atoms with E-state index in [-0.39, 0.29) is 41.4 Å². The normalized spacial score (nSPS) is 25.8. The third kappa shape index (κ3) is 8.80. The summed E-state index contributed by atoms with van der Waals surface area (Å²) in [6, 6.07) is -0.103. The van der Waals surface area contributed by atoms with Gasteiger partial charge in [0.1, 0.15) is 17.2 Å². The van der Waals surface area contributed by atoms with Gasteiger partial charge in [0.05, 0.1) is 18.8 Å². The molecular weight excluding hydrogens is 596 g/mol. The van der Waals surface area contributed by atoms with Gasteiger partial charge in [-0.2, -0.15) is 0 Å². The van der Waals surface area contributed by atoms with Gasteiger partial charge < -0.3 is 21.7 Å². The van der Waals surface area contributed by atoms with E-state index in [1.54, 1.807) is 0 Å². The number of hydrogen-bond acceptors (Lipinski definition) is 5. The molecule has 0 saturated heterocycles. The molecule has 254 valence electrons. The Morgan fingerprint density at radius 2 is 1.85 bits per heavy atom. The quantitative estimate of drug-likeness (QED) is 0.173. The van der Waals surface area contributed by atoms with Crippen LogP contribution in [-0.2, 0) is 9.59 Å². The van der Waals surface area contributed by atoms with E-state index in [1.165, 1.54) is 5.57 Å². The Labute approximate surface area is 282 Å². The first-order valence-electron chi connectivity index (χ1n) is 17.3. The van der Waals surface area contributed by atoms with E-state index < -0.39 is 5.66 Å². The molecule has 2 unspecified atom stereocenters. The maximum absolute atomic E-state index is 14.6. The highest BCUT2D eigenvalue weighted by Gasteiger charge is 2.53. The summed E-state index contributed by atoms with van der Waals surface area (Å²) in [5, 5.41) is 3.66. The van der Waals surface area contributed by atoms with Gasteiger partial charge in [-0.25, -0.2) is 0 Å². The van der Waals surface area contributed by atoms with E-state index >= 15 is 0 Å². The number of aliphatic imine (C=N–C) groups is 2. The summed E-state index contributed by atoms with van der Waals surface area (Å²) in [5.74, 6) is 0.776. The number of amides is 2. The van der Waals surface area contributed by atoms with Crippen LogP contribution in [-0.4, -0.2) is 52.7 Å². The average molecular weight is 653 g/mol. The number of nitrogens with one attached hydrogen (secondary N) is 1. The lowest BCUT2D eigenvalue weighted by molar-refractivity contribution is -0.132. The van der Waals surface area contributed by atoms with Gasteiger partial charge >= 0.3 is 0 Å². The number of rotatable bonds is 10. The van der Waals surface area contributed by atoms with Crippen molar-refractivity contribution in [3.63, 3.8) is 0 Å². The molecule has 0 aromatic rings. The summed E-state index contributed by atoms with van der Waals surface area (Å²) in [4.78, 5) is 39.4. The van der Waals surface area contributed by atoms with Crippen molar-refractivity contribution in [2.45, 2.75) is 137 Å². The first-order valence-corrected chi connectivity index (χ1v) is 17.6. The molecule has 2 amide bonds. The Kier molecular flexibility index (Phi) is 11.5. The second-order valence-electron chi connectivity index (χ2n) is 15.9. The minimum absolute atomic E-state index is 0.0270. The average Bonchev–Trinajstić information content (AvgIpc) is 3.26. The van der Waals surface area contributed by atoms with Crippen molar-refractivity contribution in [2.75, 3.05) is 6.54 Å². The molecule has 9 heteroatoms. The third-order valence-corrected chi connectivity index (χ3v) is 10.4. The van der Waals surface area contributed by atoms with Gasteiger partial charge in [0.15, 0.2) is 0 Å². The molecule has 5 N–H and O–H groups in total. The standard InChI is InChI=1S/C37H57ClN6O2/c1-8-30(39)42-31(40)23-41-33(45)25-14-12-24(13-15-25)29(18-19-35(2,3)4)44-34(46)32(26-10-9-11-28(38)22-26)43-37(44)20-16-27(17-21-37)36(5,6)7/h10-12,14,27,29-30H,8-9,13,15-23,39H2,1-7H3,(H2,40,42)(H,41,45). The van der Waals surface area contributed by atoms with Crippen molar-refractivity contribution >= 4 is 35.0 Å². The van der Waals surface area contributed by atoms with E-state index in [0.717, 1.165) is 55.6 Å². The molecule has 1 spiro atoms. The van der Waals surface area contributed by atoms with Crippen molar-refractivity contribution in [3.05, 3.63) is 46.1 Å². The van der Waals surface area contributed by atoms with Crippen molar-refractivity contribution in [3.8, 4) is 0 Å². The zero-order valence-electron chi connectivity index (χ0n) is 29.2. The zero-order chi connectivity index (χ0) is 33.9. The van der Waals surface area contributed by atoms with Crippen molar-refractivity contribution in [1.29, 1.82) is 0 Å². The van der Waals surface area contributed by atoms with E-state index in [9.17, 15) is 9.59 Å². The molecule has 0 bridgehead atoms. The fraction of sp³-hybridized carbons (Fsp3) is 0.676. The number of nitrogens with zero attached hydrogens (tertiary/aromatic N) is 3. The predicted molar refractivity (Wildman–Crippen MR) is 190 cm³/mol. The summed E-state index contributed by atoms with van der Waals surface area (Å²) in [6.07, 6.45) is 16.6. The van der Waals surface area contributed by atoms with Gasteiger partial charge in [-0.05, 0) is 92.1 Å². The smallest absolute Gasteiger partial charge is 0.274 e. The van der Waals surface area contributed by atoms with Crippen LogP contribution in [0.3, 0.4) is 0 Å². The highest BCUT2D eigenvalue weighted by atomic mass is 35.5. The van der Waals surface area contributed by atoms with Crippen LogP contribution in [0.15, 0.2) is 56.0 Å². The lowest BCUT2D eigenvalue weighted by atomic mass is 9.69. The van der Waals surface area contributed by atoms with Crippen molar-refractivity contribution in [1.82, 2.24) is 10.2 Å². The number of amidine groups is 1. The highest BCUT2D eigenvalue weighted by Crippen LogP contribution is 2.49. The fourth-order valence-corrected chi connectivity index (χ4v) is 7.43. The molecule has 4 rings (SSSR count). The monoisotopic (exact) mass is 652 g/mol. The van der Waals surface area contributed by atoms with E-state index in [0.29, 0.717) is 48.7 Å². The minimum atomic E-state index is -0.566. The number of hydrogen-bond donors (Lipinski definition) is 3. The van der Waals surface area contributed by atoms with Crippen molar-refractivity contribution < 1.29 is 9.59 Å². The first-order chi connectivity index (χ1) is 21.5. The van der Waals surface area contributed by atoms with Gasteiger partial charge in [0.2, 0.25) is 5.91 Å². The second kappa shape index (κ2) is 14.6. The maximum atomic E-state index is 14.6. The summed E-state index contributed by atoms with van der Waals surface area (Å²) >= 11 is 6.49. The van der Waals surface area contributed by atoms with E-state index in [4.69, 9.17) is 28.1 Å². The Morgan fingerprint density at radius 3 is 2.41 bits per heavy atom. The van der Waals surface area contributed by atoms with Crippen LogP contribution in [0.1, 0.15) is 119 Å². The number of halogens is 1. The molecule has 1 fully saturated rings. The van der Waals surface area contributed by atoms with Crippen LogP contribution in [0.2, 0.25) is 0 Å². The molecule has 0 aromatic carbocycles. The van der Waals surface area contributed by atoms with E-state index in [1.807, 2.05) is 19.1 Å². The molecule has 1 aliphatic heterocycles. The molecule has 2 atom stereocenters. The van der Waals surface area contributed by atoms with Gasteiger partial charge in [-0.1, -0.05) is 84.4 Å². The zero-order valence-corrected chi connectivity index (χ0v) is 30.0. The Hall–Kier alpha value is -2.71. The van der Waals surface area contributed by atoms with Crippen LogP contribution in [0, 0.1) is 16.7 Å². The van der Waals surface area contributed by atoms with Gasteiger partial charge in [-0.3, -0.25) is 19.6 Å². The largest absolute Gasteiger partial charge is 0.386 e. The van der Waals surface area contributed by atoms with Crippen molar-refractivity contribution in [2.24, 2.45) is 38.2 Å². The minimum Gasteiger partial charge on any atom is -0.386 e.